The van der Waals surface area contributed by atoms with Gasteiger partial charge in [0.2, 0.25) is 0 Å². The highest BCUT2D eigenvalue weighted by molar-refractivity contribution is 5.23. The zero-order valence-electron chi connectivity index (χ0n) is 11.7. The molecule has 2 rings (SSSR count). The number of hydrogen-bond acceptors (Lipinski definition) is 2. The molecule has 0 saturated heterocycles. The summed E-state index contributed by atoms with van der Waals surface area (Å²) in [4.78, 5) is 0. The van der Waals surface area contributed by atoms with Crippen LogP contribution in [0.2, 0.25) is 0 Å². The molecular formula is C17H20FNO. The van der Waals surface area contributed by atoms with Crippen molar-refractivity contribution >= 4 is 0 Å². The van der Waals surface area contributed by atoms with Crippen LogP contribution >= 0.6 is 0 Å². The minimum Gasteiger partial charge on any atom is -0.492 e. The van der Waals surface area contributed by atoms with Gasteiger partial charge in [0.1, 0.15) is 18.2 Å². The molecule has 3 heteroatoms. The summed E-state index contributed by atoms with van der Waals surface area (Å²) in [5.74, 6) is 0.282. The molecule has 2 aromatic rings. The van der Waals surface area contributed by atoms with Gasteiger partial charge in [-0.05, 0) is 30.7 Å². The Labute approximate surface area is 119 Å². The summed E-state index contributed by atoms with van der Waals surface area (Å²) in [6.07, 6.45) is 1.06. The average molecular weight is 273 g/mol. The molecule has 2 nitrogen and oxygen atoms in total. The molecule has 0 fully saturated rings. The Kier molecular flexibility index (Phi) is 5.56. The van der Waals surface area contributed by atoms with Gasteiger partial charge in [0, 0.05) is 6.07 Å². The molecule has 0 aliphatic heterocycles. The molecular weight excluding hydrogens is 253 g/mol. The number of benzene rings is 2. The maximum Gasteiger partial charge on any atom is 0.126 e. The summed E-state index contributed by atoms with van der Waals surface area (Å²) in [5.41, 5.74) is 1.18. The quantitative estimate of drug-likeness (QED) is 0.825. The summed E-state index contributed by atoms with van der Waals surface area (Å²) >= 11 is 0. The standard InChI is InChI=1S/C17H20FNO/c1-2-11-19-17(14-7-4-3-5-8-14)13-20-16-10-6-9-15(18)12-16/h3-10,12,17,19H,2,11,13H2,1H3. The molecule has 0 heterocycles. The number of halogens is 1. The maximum atomic E-state index is 13.1. The summed E-state index contributed by atoms with van der Waals surface area (Å²) in [6.45, 7) is 3.53. The third-order valence-corrected chi connectivity index (χ3v) is 3.06. The van der Waals surface area contributed by atoms with Crippen LogP contribution in [-0.4, -0.2) is 13.2 Å². The first-order chi connectivity index (χ1) is 9.79. The smallest absolute Gasteiger partial charge is 0.126 e. The number of hydrogen-bond donors (Lipinski definition) is 1. The van der Waals surface area contributed by atoms with E-state index in [-0.39, 0.29) is 11.9 Å². The highest BCUT2D eigenvalue weighted by Crippen LogP contribution is 2.17. The summed E-state index contributed by atoms with van der Waals surface area (Å²) in [7, 11) is 0. The highest BCUT2D eigenvalue weighted by Gasteiger charge is 2.11. The van der Waals surface area contributed by atoms with E-state index in [4.69, 9.17) is 4.74 Å². The predicted octanol–water partition coefficient (Wildman–Crippen LogP) is 3.95. The van der Waals surface area contributed by atoms with E-state index in [9.17, 15) is 4.39 Å². The van der Waals surface area contributed by atoms with Crippen LogP contribution in [-0.2, 0) is 0 Å². The first-order valence-corrected chi connectivity index (χ1v) is 6.96. The third-order valence-electron chi connectivity index (χ3n) is 3.06. The number of ether oxygens (including phenoxy) is 1. The lowest BCUT2D eigenvalue weighted by molar-refractivity contribution is 0.265. The fourth-order valence-electron chi connectivity index (χ4n) is 2.01. The minimum absolute atomic E-state index is 0.111. The molecule has 20 heavy (non-hydrogen) atoms. The van der Waals surface area contributed by atoms with E-state index >= 15 is 0 Å². The number of nitrogens with one attached hydrogen (secondary N) is 1. The van der Waals surface area contributed by atoms with Crippen molar-refractivity contribution in [1.29, 1.82) is 0 Å². The Morgan fingerprint density at radius 3 is 2.60 bits per heavy atom. The van der Waals surface area contributed by atoms with E-state index in [0.717, 1.165) is 13.0 Å². The Hall–Kier alpha value is -1.87. The monoisotopic (exact) mass is 273 g/mol. The van der Waals surface area contributed by atoms with Gasteiger partial charge < -0.3 is 10.1 Å². The van der Waals surface area contributed by atoms with Gasteiger partial charge in [-0.2, -0.15) is 0 Å². The summed E-state index contributed by atoms with van der Waals surface area (Å²) in [6, 6.07) is 16.5. The van der Waals surface area contributed by atoms with Gasteiger partial charge in [-0.25, -0.2) is 4.39 Å². The van der Waals surface area contributed by atoms with Crippen LogP contribution in [0.15, 0.2) is 54.6 Å². The van der Waals surface area contributed by atoms with Crippen molar-refractivity contribution in [2.24, 2.45) is 0 Å². The summed E-state index contributed by atoms with van der Waals surface area (Å²) < 4.78 is 18.8. The second-order valence-corrected chi connectivity index (χ2v) is 4.69. The molecule has 0 aliphatic rings. The van der Waals surface area contributed by atoms with Crippen LogP contribution in [0.3, 0.4) is 0 Å². The van der Waals surface area contributed by atoms with E-state index in [1.807, 2.05) is 18.2 Å². The normalized spacial score (nSPS) is 12.1. The second kappa shape index (κ2) is 7.65. The molecule has 1 unspecified atom stereocenters. The lowest BCUT2D eigenvalue weighted by Crippen LogP contribution is -2.27. The third kappa shape index (κ3) is 4.35. The van der Waals surface area contributed by atoms with Gasteiger partial charge in [-0.15, -0.1) is 0 Å². The molecule has 1 N–H and O–H groups in total. The van der Waals surface area contributed by atoms with Crippen LogP contribution in [0, 0.1) is 5.82 Å². The van der Waals surface area contributed by atoms with Gasteiger partial charge >= 0.3 is 0 Å². The van der Waals surface area contributed by atoms with Crippen molar-refractivity contribution < 1.29 is 9.13 Å². The van der Waals surface area contributed by atoms with E-state index in [2.05, 4.69) is 24.4 Å². The van der Waals surface area contributed by atoms with Crippen LogP contribution in [0.4, 0.5) is 4.39 Å². The maximum absolute atomic E-state index is 13.1. The predicted molar refractivity (Wildman–Crippen MR) is 79.4 cm³/mol. The van der Waals surface area contributed by atoms with Gasteiger partial charge in [-0.3, -0.25) is 0 Å². The van der Waals surface area contributed by atoms with E-state index in [1.54, 1.807) is 12.1 Å². The molecule has 1 atom stereocenters. The van der Waals surface area contributed by atoms with E-state index in [1.165, 1.54) is 17.7 Å². The van der Waals surface area contributed by atoms with Crippen LogP contribution in [0.1, 0.15) is 24.9 Å². The van der Waals surface area contributed by atoms with Crippen molar-refractivity contribution in [1.82, 2.24) is 5.32 Å². The molecule has 0 saturated carbocycles. The van der Waals surface area contributed by atoms with Crippen molar-refractivity contribution in [2.45, 2.75) is 19.4 Å². The van der Waals surface area contributed by atoms with Crippen molar-refractivity contribution in [3.05, 3.63) is 66.0 Å². The Morgan fingerprint density at radius 2 is 1.90 bits per heavy atom. The van der Waals surface area contributed by atoms with Crippen molar-refractivity contribution in [2.75, 3.05) is 13.2 Å². The molecule has 2 aromatic carbocycles. The summed E-state index contributed by atoms with van der Waals surface area (Å²) in [5, 5.41) is 3.45. The first kappa shape index (κ1) is 14.5. The highest BCUT2D eigenvalue weighted by atomic mass is 19.1. The van der Waals surface area contributed by atoms with Gasteiger partial charge in [0.05, 0.1) is 6.04 Å². The van der Waals surface area contributed by atoms with Crippen molar-refractivity contribution in [3.63, 3.8) is 0 Å². The van der Waals surface area contributed by atoms with Crippen molar-refractivity contribution in [3.8, 4) is 5.75 Å². The second-order valence-electron chi connectivity index (χ2n) is 4.69. The first-order valence-electron chi connectivity index (χ1n) is 6.96. The largest absolute Gasteiger partial charge is 0.492 e. The van der Waals surface area contributed by atoms with Gasteiger partial charge in [0.25, 0.3) is 0 Å². The molecule has 106 valence electrons. The Bertz CT molecular complexity index is 515. The van der Waals surface area contributed by atoms with E-state index in [0.29, 0.717) is 12.4 Å². The Balaban J connectivity index is 2.01. The van der Waals surface area contributed by atoms with Gasteiger partial charge in [0.15, 0.2) is 0 Å². The molecule has 0 spiro atoms. The van der Waals surface area contributed by atoms with Crippen LogP contribution in [0.5, 0.6) is 5.75 Å². The minimum atomic E-state index is -0.278. The molecule has 0 aromatic heterocycles. The lowest BCUT2D eigenvalue weighted by atomic mass is 10.1. The fourth-order valence-corrected chi connectivity index (χ4v) is 2.01. The zero-order chi connectivity index (χ0) is 14.2. The SMILES string of the molecule is CCCNC(COc1cccc(F)c1)c1ccccc1. The number of rotatable bonds is 7. The average Bonchev–Trinajstić information content (AvgIpc) is 2.48. The van der Waals surface area contributed by atoms with Crippen LogP contribution in [0.25, 0.3) is 0 Å². The topological polar surface area (TPSA) is 21.3 Å². The molecule has 0 aliphatic carbocycles. The lowest BCUT2D eigenvalue weighted by Gasteiger charge is -2.19. The fraction of sp³-hybridized carbons (Fsp3) is 0.294. The van der Waals surface area contributed by atoms with E-state index < -0.39 is 0 Å². The van der Waals surface area contributed by atoms with Crippen LogP contribution < -0.4 is 10.1 Å². The Morgan fingerprint density at radius 1 is 1.10 bits per heavy atom. The zero-order valence-corrected chi connectivity index (χ0v) is 11.7. The molecule has 0 radical (unpaired) electrons. The molecule has 0 amide bonds. The molecule has 0 bridgehead atoms. The van der Waals surface area contributed by atoms with Gasteiger partial charge in [-0.1, -0.05) is 43.3 Å².